The van der Waals surface area contributed by atoms with Crippen LogP contribution in [0.2, 0.25) is 0 Å². The van der Waals surface area contributed by atoms with Gasteiger partial charge >= 0.3 is 0 Å². The number of amides is 1. The SMILES string of the molecule is CCN(CC1CCCNC1)C(=O)Cn1cccn1. The average Bonchev–Trinajstić information content (AvgIpc) is 2.90. The van der Waals surface area contributed by atoms with E-state index in [0.29, 0.717) is 12.5 Å². The van der Waals surface area contributed by atoms with Crippen molar-refractivity contribution in [2.45, 2.75) is 26.3 Å². The number of hydrogen-bond donors (Lipinski definition) is 1. The third-order valence-electron chi connectivity index (χ3n) is 3.47. The quantitative estimate of drug-likeness (QED) is 0.838. The molecule has 1 aliphatic heterocycles. The van der Waals surface area contributed by atoms with Gasteiger partial charge in [0.05, 0.1) is 0 Å². The first kappa shape index (κ1) is 13.1. The van der Waals surface area contributed by atoms with Gasteiger partial charge in [-0.3, -0.25) is 9.48 Å². The van der Waals surface area contributed by atoms with Gasteiger partial charge in [0.1, 0.15) is 6.54 Å². The summed E-state index contributed by atoms with van der Waals surface area (Å²) in [5, 5.41) is 7.47. The second kappa shape index (κ2) is 6.54. The summed E-state index contributed by atoms with van der Waals surface area (Å²) in [7, 11) is 0. The van der Waals surface area contributed by atoms with Crippen molar-refractivity contribution in [2.75, 3.05) is 26.2 Å². The molecule has 1 aliphatic rings. The van der Waals surface area contributed by atoms with E-state index >= 15 is 0 Å². The second-order valence-electron chi connectivity index (χ2n) is 4.85. The number of carbonyl (C=O) groups excluding carboxylic acids is 1. The van der Waals surface area contributed by atoms with E-state index in [1.807, 2.05) is 24.1 Å². The van der Waals surface area contributed by atoms with Gasteiger partial charge in [-0.1, -0.05) is 0 Å². The fourth-order valence-electron chi connectivity index (χ4n) is 2.43. The maximum Gasteiger partial charge on any atom is 0.244 e. The van der Waals surface area contributed by atoms with Crippen molar-refractivity contribution >= 4 is 5.91 Å². The predicted octanol–water partition coefficient (Wildman–Crippen LogP) is 0.731. The summed E-state index contributed by atoms with van der Waals surface area (Å²) in [5.74, 6) is 0.757. The number of carbonyl (C=O) groups is 1. The van der Waals surface area contributed by atoms with E-state index in [2.05, 4.69) is 10.4 Å². The lowest BCUT2D eigenvalue weighted by Gasteiger charge is -2.29. The first-order valence-electron chi connectivity index (χ1n) is 6.75. The van der Waals surface area contributed by atoms with Crippen LogP contribution in [0.3, 0.4) is 0 Å². The molecule has 100 valence electrons. The van der Waals surface area contributed by atoms with Crippen LogP contribution in [0.1, 0.15) is 19.8 Å². The highest BCUT2D eigenvalue weighted by atomic mass is 16.2. The van der Waals surface area contributed by atoms with E-state index in [4.69, 9.17) is 0 Å². The van der Waals surface area contributed by atoms with Gasteiger partial charge in [0, 0.05) is 25.5 Å². The molecule has 1 N–H and O–H groups in total. The summed E-state index contributed by atoms with van der Waals surface area (Å²) in [6.45, 7) is 6.17. The first-order valence-corrected chi connectivity index (χ1v) is 6.75. The van der Waals surface area contributed by atoms with E-state index < -0.39 is 0 Å². The second-order valence-corrected chi connectivity index (χ2v) is 4.85. The molecule has 0 saturated carbocycles. The molecule has 18 heavy (non-hydrogen) atoms. The van der Waals surface area contributed by atoms with Crippen LogP contribution >= 0.6 is 0 Å². The van der Waals surface area contributed by atoms with Crippen LogP contribution in [-0.2, 0) is 11.3 Å². The zero-order valence-electron chi connectivity index (χ0n) is 11.0. The molecule has 1 fully saturated rings. The maximum atomic E-state index is 12.2. The molecule has 1 atom stereocenters. The summed E-state index contributed by atoms with van der Waals surface area (Å²) >= 11 is 0. The monoisotopic (exact) mass is 250 g/mol. The van der Waals surface area contributed by atoms with Crippen molar-refractivity contribution in [3.8, 4) is 0 Å². The Labute approximate surface area is 108 Å². The normalized spacial score (nSPS) is 19.7. The van der Waals surface area contributed by atoms with E-state index in [9.17, 15) is 4.79 Å². The van der Waals surface area contributed by atoms with E-state index in [1.54, 1.807) is 10.9 Å². The number of piperidine rings is 1. The van der Waals surface area contributed by atoms with Gasteiger partial charge in [0.2, 0.25) is 5.91 Å². The van der Waals surface area contributed by atoms with E-state index in [1.165, 1.54) is 12.8 Å². The Balaban J connectivity index is 1.85. The molecule has 2 heterocycles. The van der Waals surface area contributed by atoms with Crippen molar-refractivity contribution in [1.82, 2.24) is 20.0 Å². The molecule has 5 heteroatoms. The number of likely N-dealkylation sites (N-methyl/N-ethyl adjacent to an activating group) is 1. The molecule has 1 amide bonds. The van der Waals surface area contributed by atoms with Gasteiger partial charge < -0.3 is 10.2 Å². The highest BCUT2D eigenvalue weighted by molar-refractivity contribution is 5.75. The highest BCUT2D eigenvalue weighted by Crippen LogP contribution is 2.12. The summed E-state index contributed by atoms with van der Waals surface area (Å²) in [6.07, 6.45) is 5.97. The highest BCUT2D eigenvalue weighted by Gasteiger charge is 2.19. The Hall–Kier alpha value is -1.36. The van der Waals surface area contributed by atoms with Gasteiger partial charge in [0.15, 0.2) is 0 Å². The smallest absolute Gasteiger partial charge is 0.244 e. The van der Waals surface area contributed by atoms with Crippen LogP contribution in [0.15, 0.2) is 18.5 Å². The van der Waals surface area contributed by atoms with Gasteiger partial charge in [-0.05, 0) is 44.8 Å². The van der Waals surface area contributed by atoms with Gasteiger partial charge in [-0.15, -0.1) is 0 Å². The fraction of sp³-hybridized carbons (Fsp3) is 0.692. The van der Waals surface area contributed by atoms with Crippen LogP contribution in [-0.4, -0.2) is 46.8 Å². The molecule has 0 aliphatic carbocycles. The largest absolute Gasteiger partial charge is 0.341 e. The molecule has 5 nitrogen and oxygen atoms in total. The van der Waals surface area contributed by atoms with Crippen LogP contribution in [0.4, 0.5) is 0 Å². The molecule has 0 radical (unpaired) electrons. The Morgan fingerprint density at radius 1 is 1.61 bits per heavy atom. The van der Waals surface area contributed by atoms with Crippen LogP contribution < -0.4 is 5.32 Å². The van der Waals surface area contributed by atoms with Crippen molar-refractivity contribution < 1.29 is 4.79 Å². The third-order valence-corrected chi connectivity index (χ3v) is 3.47. The Bertz CT molecular complexity index is 357. The summed E-state index contributed by atoms with van der Waals surface area (Å²) in [6, 6.07) is 1.84. The standard InChI is InChI=1S/C13H22N4O/c1-2-16(10-12-5-3-6-14-9-12)13(18)11-17-8-4-7-15-17/h4,7-8,12,14H,2-3,5-6,9-11H2,1H3. The minimum atomic E-state index is 0.159. The van der Waals surface area contributed by atoms with E-state index in [-0.39, 0.29) is 5.91 Å². The molecule has 0 aromatic carbocycles. The lowest BCUT2D eigenvalue weighted by Crippen LogP contribution is -2.42. The van der Waals surface area contributed by atoms with Gasteiger partial charge in [0.25, 0.3) is 0 Å². The van der Waals surface area contributed by atoms with Crippen molar-refractivity contribution in [1.29, 1.82) is 0 Å². The van der Waals surface area contributed by atoms with Gasteiger partial charge in [-0.2, -0.15) is 5.10 Å². The molecule has 0 bridgehead atoms. The van der Waals surface area contributed by atoms with Crippen LogP contribution in [0, 0.1) is 5.92 Å². The van der Waals surface area contributed by atoms with E-state index in [0.717, 1.165) is 26.2 Å². The fourth-order valence-corrected chi connectivity index (χ4v) is 2.43. The molecule has 2 rings (SSSR count). The molecule has 1 aromatic rings. The van der Waals surface area contributed by atoms with Gasteiger partial charge in [-0.25, -0.2) is 0 Å². The van der Waals surface area contributed by atoms with Crippen molar-refractivity contribution in [2.24, 2.45) is 5.92 Å². The van der Waals surface area contributed by atoms with Crippen LogP contribution in [0.5, 0.6) is 0 Å². The minimum Gasteiger partial charge on any atom is -0.341 e. The molecule has 0 spiro atoms. The maximum absolute atomic E-state index is 12.2. The first-order chi connectivity index (χ1) is 8.79. The average molecular weight is 250 g/mol. The number of hydrogen-bond acceptors (Lipinski definition) is 3. The zero-order chi connectivity index (χ0) is 12.8. The molecular formula is C13H22N4O. The summed E-state index contributed by atoms with van der Waals surface area (Å²) in [5.41, 5.74) is 0. The summed E-state index contributed by atoms with van der Waals surface area (Å²) in [4.78, 5) is 14.1. The Kier molecular flexibility index (Phi) is 4.75. The summed E-state index contributed by atoms with van der Waals surface area (Å²) < 4.78 is 1.68. The van der Waals surface area contributed by atoms with Crippen molar-refractivity contribution in [3.63, 3.8) is 0 Å². The molecule has 1 unspecified atom stereocenters. The molecular weight excluding hydrogens is 228 g/mol. The number of nitrogens with one attached hydrogen (secondary N) is 1. The Morgan fingerprint density at radius 3 is 3.11 bits per heavy atom. The topological polar surface area (TPSA) is 50.2 Å². The van der Waals surface area contributed by atoms with Crippen LogP contribution in [0.25, 0.3) is 0 Å². The van der Waals surface area contributed by atoms with Crippen molar-refractivity contribution in [3.05, 3.63) is 18.5 Å². The lowest BCUT2D eigenvalue weighted by atomic mass is 9.99. The number of aromatic nitrogens is 2. The number of nitrogens with zero attached hydrogens (tertiary/aromatic N) is 3. The third kappa shape index (κ3) is 3.57. The minimum absolute atomic E-state index is 0.159. The Morgan fingerprint density at radius 2 is 2.50 bits per heavy atom. The predicted molar refractivity (Wildman–Crippen MR) is 70.1 cm³/mol. The number of rotatable bonds is 5. The lowest BCUT2D eigenvalue weighted by molar-refractivity contribution is -0.132. The zero-order valence-corrected chi connectivity index (χ0v) is 11.0. The molecule has 1 saturated heterocycles. The molecule has 1 aromatic heterocycles.